The number of ether oxygens (including phenoxy) is 1. The number of hydrogen-bond donors (Lipinski definition) is 1. The molecule has 0 bridgehead atoms. The summed E-state index contributed by atoms with van der Waals surface area (Å²) < 4.78 is 5.39. The van der Waals surface area contributed by atoms with Crippen LogP contribution in [0.5, 0.6) is 0 Å². The second kappa shape index (κ2) is 11.7. The van der Waals surface area contributed by atoms with E-state index in [-0.39, 0.29) is 24.1 Å². The summed E-state index contributed by atoms with van der Waals surface area (Å²) in [5.74, 6) is 0.0151. The number of carbonyl (C=O) groups is 1. The van der Waals surface area contributed by atoms with Gasteiger partial charge in [-0.05, 0) is 32.6 Å². The number of carbonyl (C=O) groups excluding carboxylic acids is 1. The fourth-order valence-electron chi connectivity index (χ4n) is 1.63. The lowest BCUT2D eigenvalue weighted by atomic mass is 10.0. The molecular formula is C17H30O3. The molecule has 1 unspecified atom stereocenters. The summed E-state index contributed by atoms with van der Waals surface area (Å²) in [6, 6.07) is 0. The van der Waals surface area contributed by atoms with Gasteiger partial charge in [0, 0.05) is 12.3 Å². The minimum Gasteiger partial charge on any atom is -0.462 e. The van der Waals surface area contributed by atoms with Crippen LogP contribution in [0.2, 0.25) is 0 Å². The molecule has 0 aliphatic rings. The average molecular weight is 282 g/mol. The minimum absolute atomic E-state index is 0.132. The van der Waals surface area contributed by atoms with Gasteiger partial charge in [0.2, 0.25) is 0 Å². The average Bonchev–Trinajstić information content (AvgIpc) is 2.43. The number of allylic oxidation sites excluding steroid dienone is 2. The third-order valence-electron chi connectivity index (χ3n) is 3.29. The molecule has 0 aromatic carbocycles. The Morgan fingerprint density at radius 1 is 1.20 bits per heavy atom. The van der Waals surface area contributed by atoms with Gasteiger partial charge in [0.05, 0.1) is 6.10 Å². The Hall–Kier alpha value is -1.09. The third-order valence-corrected chi connectivity index (χ3v) is 3.29. The molecule has 3 nitrogen and oxygen atoms in total. The zero-order valence-electron chi connectivity index (χ0n) is 13.3. The van der Waals surface area contributed by atoms with Crippen molar-refractivity contribution in [3.8, 4) is 0 Å². The summed E-state index contributed by atoms with van der Waals surface area (Å²) >= 11 is 0. The maximum atomic E-state index is 11.6. The topological polar surface area (TPSA) is 46.5 Å². The maximum Gasteiger partial charge on any atom is 0.306 e. The Balaban J connectivity index is 3.96. The first-order valence-corrected chi connectivity index (χ1v) is 7.70. The summed E-state index contributed by atoms with van der Waals surface area (Å²) in [5, 5.41) is 9.45. The highest BCUT2D eigenvalue weighted by molar-refractivity contribution is 5.69. The first-order chi connectivity index (χ1) is 9.51. The molecule has 116 valence electrons. The molecule has 1 N–H and O–H groups in total. The molecule has 3 atom stereocenters. The van der Waals surface area contributed by atoms with Gasteiger partial charge in [-0.2, -0.15) is 0 Å². The molecular weight excluding hydrogens is 252 g/mol. The van der Waals surface area contributed by atoms with E-state index in [1.54, 1.807) is 0 Å². The molecule has 0 amide bonds. The van der Waals surface area contributed by atoms with E-state index < -0.39 is 0 Å². The van der Waals surface area contributed by atoms with Crippen LogP contribution in [0, 0.1) is 5.92 Å². The van der Waals surface area contributed by atoms with E-state index in [2.05, 4.69) is 13.0 Å². The van der Waals surface area contributed by atoms with Crippen LogP contribution in [0.15, 0.2) is 24.3 Å². The maximum absolute atomic E-state index is 11.6. The first-order valence-electron chi connectivity index (χ1n) is 7.70. The van der Waals surface area contributed by atoms with Crippen LogP contribution >= 0.6 is 0 Å². The summed E-state index contributed by atoms with van der Waals surface area (Å²) in [5.41, 5.74) is 0. The molecule has 0 rings (SSSR count). The Morgan fingerprint density at radius 3 is 2.50 bits per heavy atom. The number of aliphatic hydroxyl groups is 1. The van der Waals surface area contributed by atoms with Crippen molar-refractivity contribution < 1.29 is 14.6 Å². The van der Waals surface area contributed by atoms with E-state index in [9.17, 15) is 9.90 Å². The third kappa shape index (κ3) is 9.79. The molecule has 0 aliphatic carbocycles. The second-order valence-corrected chi connectivity index (χ2v) is 5.20. The highest BCUT2D eigenvalue weighted by Gasteiger charge is 2.14. The predicted molar refractivity (Wildman–Crippen MR) is 83.4 cm³/mol. The van der Waals surface area contributed by atoms with Crippen LogP contribution in [0.25, 0.3) is 0 Å². The lowest BCUT2D eigenvalue weighted by Crippen LogP contribution is -2.20. The Kier molecular flexibility index (Phi) is 11.1. The fourth-order valence-corrected chi connectivity index (χ4v) is 1.63. The largest absolute Gasteiger partial charge is 0.462 e. The van der Waals surface area contributed by atoms with E-state index in [1.807, 2.05) is 39.0 Å². The second-order valence-electron chi connectivity index (χ2n) is 5.20. The molecule has 0 saturated heterocycles. The van der Waals surface area contributed by atoms with Gasteiger partial charge in [0.25, 0.3) is 0 Å². The van der Waals surface area contributed by atoms with Crippen molar-refractivity contribution in [2.75, 3.05) is 0 Å². The van der Waals surface area contributed by atoms with Crippen molar-refractivity contribution in [2.24, 2.45) is 5.92 Å². The van der Waals surface area contributed by atoms with Crippen LogP contribution < -0.4 is 0 Å². The van der Waals surface area contributed by atoms with Gasteiger partial charge >= 0.3 is 5.97 Å². The monoisotopic (exact) mass is 282 g/mol. The van der Waals surface area contributed by atoms with Crippen molar-refractivity contribution >= 4 is 5.97 Å². The van der Waals surface area contributed by atoms with Crippen LogP contribution in [-0.4, -0.2) is 23.3 Å². The lowest BCUT2D eigenvalue weighted by molar-refractivity contribution is -0.149. The van der Waals surface area contributed by atoms with Crippen LogP contribution in [0.4, 0.5) is 0 Å². The summed E-state index contributed by atoms with van der Waals surface area (Å²) in [6.07, 6.45) is 11.2. The van der Waals surface area contributed by atoms with Gasteiger partial charge in [0.1, 0.15) is 6.10 Å². The SMILES string of the molecule is CC/C=C/CCC(=O)O[C@@H](C)[C@H](C)/C=C\CC(O)CC. The van der Waals surface area contributed by atoms with E-state index in [4.69, 9.17) is 4.74 Å². The van der Waals surface area contributed by atoms with Crippen LogP contribution in [0.3, 0.4) is 0 Å². The highest BCUT2D eigenvalue weighted by Crippen LogP contribution is 2.11. The van der Waals surface area contributed by atoms with Gasteiger partial charge in [-0.15, -0.1) is 0 Å². The normalized spacial score (nSPS) is 16.4. The molecule has 0 fully saturated rings. The molecule has 0 aromatic heterocycles. The van der Waals surface area contributed by atoms with Gasteiger partial charge in [-0.3, -0.25) is 4.79 Å². The van der Waals surface area contributed by atoms with Gasteiger partial charge in [-0.25, -0.2) is 0 Å². The number of esters is 1. The number of rotatable bonds is 10. The standard InChI is InChI=1S/C17H30O3/c1-5-7-8-9-13-17(19)20-15(4)14(3)11-10-12-16(18)6-2/h7-8,10-11,14-16,18H,5-6,9,12-13H2,1-4H3/b8-7+,11-10-/t14-,15+,16?/m1/s1. The molecule has 0 spiro atoms. The van der Waals surface area contributed by atoms with Crippen LogP contribution in [-0.2, 0) is 9.53 Å². The van der Waals surface area contributed by atoms with Crippen LogP contribution in [0.1, 0.15) is 59.8 Å². The Bertz CT molecular complexity index is 307. The minimum atomic E-state index is -0.276. The van der Waals surface area contributed by atoms with Gasteiger partial charge in [-0.1, -0.05) is 45.1 Å². The Morgan fingerprint density at radius 2 is 1.90 bits per heavy atom. The number of hydrogen-bond acceptors (Lipinski definition) is 3. The molecule has 0 saturated carbocycles. The number of aliphatic hydroxyl groups excluding tert-OH is 1. The molecule has 3 heteroatoms. The molecule has 0 aromatic rings. The van der Waals surface area contributed by atoms with Gasteiger partial charge in [0.15, 0.2) is 0 Å². The van der Waals surface area contributed by atoms with E-state index in [0.717, 1.165) is 19.3 Å². The van der Waals surface area contributed by atoms with Crippen molar-refractivity contribution in [3.63, 3.8) is 0 Å². The summed E-state index contributed by atoms with van der Waals surface area (Å²) in [7, 11) is 0. The molecule has 0 aliphatic heterocycles. The Labute approximate surface area is 123 Å². The molecule has 20 heavy (non-hydrogen) atoms. The smallest absolute Gasteiger partial charge is 0.306 e. The zero-order valence-corrected chi connectivity index (χ0v) is 13.3. The quantitative estimate of drug-likeness (QED) is 0.486. The predicted octanol–water partition coefficient (Wildman–Crippen LogP) is 4.02. The van der Waals surface area contributed by atoms with Crippen molar-refractivity contribution in [1.29, 1.82) is 0 Å². The van der Waals surface area contributed by atoms with E-state index in [0.29, 0.717) is 12.8 Å². The summed E-state index contributed by atoms with van der Waals surface area (Å²) in [4.78, 5) is 11.6. The van der Waals surface area contributed by atoms with E-state index >= 15 is 0 Å². The first kappa shape index (κ1) is 18.9. The van der Waals surface area contributed by atoms with Crippen molar-refractivity contribution in [3.05, 3.63) is 24.3 Å². The van der Waals surface area contributed by atoms with Crippen molar-refractivity contribution in [1.82, 2.24) is 0 Å². The fraction of sp³-hybridized carbons (Fsp3) is 0.706. The van der Waals surface area contributed by atoms with E-state index in [1.165, 1.54) is 0 Å². The van der Waals surface area contributed by atoms with Crippen molar-refractivity contribution in [2.45, 2.75) is 72.0 Å². The zero-order chi connectivity index (χ0) is 15.4. The molecule has 0 radical (unpaired) electrons. The highest BCUT2D eigenvalue weighted by atomic mass is 16.5. The lowest BCUT2D eigenvalue weighted by Gasteiger charge is -2.17. The summed E-state index contributed by atoms with van der Waals surface area (Å²) in [6.45, 7) is 7.95. The molecule has 0 heterocycles. The van der Waals surface area contributed by atoms with Gasteiger partial charge < -0.3 is 9.84 Å².